The number of carbonyl (C=O) groups is 1. The summed E-state index contributed by atoms with van der Waals surface area (Å²) in [6.45, 7) is 1.73. The Morgan fingerprint density at radius 1 is 1.53 bits per heavy atom. The van der Waals surface area contributed by atoms with E-state index in [1.54, 1.807) is 6.92 Å². The van der Waals surface area contributed by atoms with Crippen molar-refractivity contribution < 1.29 is 22.7 Å². The van der Waals surface area contributed by atoms with Gasteiger partial charge in [0.15, 0.2) is 9.84 Å². The second kappa shape index (κ2) is 3.80. The van der Waals surface area contributed by atoms with Crippen LogP contribution in [0.4, 0.5) is 0 Å². The first-order chi connectivity index (χ1) is 7.81. The van der Waals surface area contributed by atoms with Crippen LogP contribution in [0.2, 0.25) is 0 Å². The number of aromatic nitrogens is 2. The van der Waals surface area contributed by atoms with Crippen LogP contribution >= 0.6 is 0 Å². The molecule has 0 spiro atoms. The van der Waals surface area contributed by atoms with Crippen LogP contribution in [0.3, 0.4) is 0 Å². The summed E-state index contributed by atoms with van der Waals surface area (Å²) in [6, 6.07) is 0. The van der Waals surface area contributed by atoms with Gasteiger partial charge in [-0.3, -0.25) is 4.79 Å². The molecule has 0 bridgehead atoms. The van der Waals surface area contributed by atoms with Gasteiger partial charge >= 0.3 is 5.97 Å². The number of nitrogens with zero attached hydrogens (tertiary/aromatic N) is 2. The highest BCUT2D eigenvalue weighted by Crippen LogP contribution is 2.34. The van der Waals surface area contributed by atoms with Crippen LogP contribution in [-0.2, 0) is 26.5 Å². The molecule has 1 atom stereocenters. The summed E-state index contributed by atoms with van der Waals surface area (Å²) in [5.41, 5.74) is -0.692. The van der Waals surface area contributed by atoms with E-state index in [1.165, 1.54) is 0 Å². The van der Waals surface area contributed by atoms with E-state index >= 15 is 0 Å². The Kier molecular flexibility index (Phi) is 2.69. The molecular formula is C9H12N2O5S. The number of hydrogen-bond acceptors (Lipinski definition) is 6. The number of carboxylic acids is 1. The average Bonchev–Trinajstić information content (AvgIpc) is 2.71. The third-order valence-electron chi connectivity index (χ3n) is 2.79. The molecule has 0 aliphatic carbocycles. The third kappa shape index (κ3) is 2.46. The number of hydrogen-bond donors (Lipinski definition) is 1. The molecule has 1 aromatic rings. The van der Waals surface area contributed by atoms with Crippen LogP contribution in [0, 0.1) is 0 Å². The van der Waals surface area contributed by atoms with E-state index < -0.39 is 21.2 Å². The monoisotopic (exact) mass is 260 g/mol. The lowest BCUT2D eigenvalue weighted by atomic mass is 9.90. The lowest BCUT2D eigenvalue weighted by Gasteiger charge is -2.15. The first kappa shape index (κ1) is 12.0. The summed E-state index contributed by atoms with van der Waals surface area (Å²) >= 11 is 0. The summed E-state index contributed by atoms with van der Waals surface area (Å²) in [7, 11) is -3.06. The first-order valence-corrected chi connectivity index (χ1v) is 6.88. The van der Waals surface area contributed by atoms with Crippen LogP contribution in [0.15, 0.2) is 4.42 Å². The lowest BCUT2D eigenvalue weighted by molar-refractivity contribution is -0.136. The number of rotatable bonds is 3. The highest BCUT2D eigenvalue weighted by atomic mass is 32.2. The molecule has 17 heavy (non-hydrogen) atoms. The molecule has 0 aromatic carbocycles. The third-order valence-corrected chi connectivity index (χ3v) is 4.69. The fraction of sp³-hybridized carbons (Fsp3) is 0.667. The van der Waals surface area contributed by atoms with Crippen molar-refractivity contribution in [3.05, 3.63) is 11.8 Å². The summed E-state index contributed by atoms with van der Waals surface area (Å²) in [4.78, 5) is 10.5. The quantitative estimate of drug-likeness (QED) is 0.799. The SMILES string of the molecule is CC1(c2nnc(CC(=O)O)o2)CCS(=O)(=O)C1. The Balaban J connectivity index is 2.23. The molecule has 1 N–H and O–H groups in total. The van der Waals surface area contributed by atoms with Crippen LogP contribution in [0.25, 0.3) is 0 Å². The van der Waals surface area contributed by atoms with Gasteiger partial charge in [-0.15, -0.1) is 10.2 Å². The van der Waals surface area contributed by atoms with Gasteiger partial charge in [0.2, 0.25) is 11.8 Å². The zero-order chi connectivity index (χ0) is 12.7. The molecule has 1 unspecified atom stereocenters. The van der Waals surface area contributed by atoms with Gasteiger partial charge in [-0.1, -0.05) is 0 Å². The minimum atomic E-state index is -3.06. The zero-order valence-electron chi connectivity index (χ0n) is 9.21. The van der Waals surface area contributed by atoms with Crippen molar-refractivity contribution in [2.24, 2.45) is 0 Å². The minimum absolute atomic E-state index is 0.00183. The summed E-state index contributed by atoms with van der Waals surface area (Å²) < 4.78 is 28.0. The Morgan fingerprint density at radius 2 is 2.24 bits per heavy atom. The summed E-state index contributed by atoms with van der Waals surface area (Å²) in [6.07, 6.45) is 0.0693. The van der Waals surface area contributed by atoms with E-state index in [-0.39, 0.29) is 29.7 Å². The van der Waals surface area contributed by atoms with E-state index in [1.807, 2.05) is 0 Å². The smallest absolute Gasteiger partial charge is 0.312 e. The molecule has 1 saturated heterocycles. The van der Waals surface area contributed by atoms with Gasteiger partial charge in [0, 0.05) is 0 Å². The van der Waals surface area contributed by atoms with E-state index in [2.05, 4.69) is 10.2 Å². The van der Waals surface area contributed by atoms with Crippen molar-refractivity contribution in [3.63, 3.8) is 0 Å². The molecule has 1 aliphatic heterocycles. The van der Waals surface area contributed by atoms with Gasteiger partial charge in [0.25, 0.3) is 0 Å². The van der Waals surface area contributed by atoms with Gasteiger partial charge in [-0.2, -0.15) is 0 Å². The Morgan fingerprint density at radius 3 is 2.76 bits per heavy atom. The maximum Gasteiger partial charge on any atom is 0.312 e. The predicted molar refractivity (Wildman–Crippen MR) is 56.3 cm³/mol. The molecule has 1 aromatic heterocycles. The molecule has 7 nitrogen and oxygen atoms in total. The lowest BCUT2D eigenvalue weighted by Crippen LogP contribution is -2.23. The maximum absolute atomic E-state index is 11.4. The van der Waals surface area contributed by atoms with Crippen molar-refractivity contribution in [3.8, 4) is 0 Å². The molecular weight excluding hydrogens is 248 g/mol. The van der Waals surface area contributed by atoms with Crippen LogP contribution < -0.4 is 0 Å². The minimum Gasteiger partial charge on any atom is -0.481 e. The number of sulfone groups is 1. The molecule has 1 aliphatic rings. The van der Waals surface area contributed by atoms with Gasteiger partial charge in [-0.05, 0) is 13.3 Å². The van der Waals surface area contributed by atoms with Crippen molar-refractivity contribution in [1.82, 2.24) is 10.2 Å². The Hall–Kier alpha value is -1.44. The molecule has 8 heteroatoms. The molecule has 1 fully saturated rings. The van der Waals surface area contributed by atoms with E-state index in [4.69, 9.17) is 9.52 Å². The number of carboxylic acid groups (broad SMARTS) is 1. The van der Waals surface area contributed by atoms with Crippen molar-refractivity contribution in [2.75, 3.05) is 11.5 Å². The number of aliphatic carboxylic acids is 1. The second-order valence-corrected chi connectivity index (χ2v) is 6.66. The maximum atomic E-state index is 11.4. The molecule has 0 saturated carbocycles. The van der Waals surface area contributed by atoms with Crippen molar-refractivity contribution in [2.45, 2.75) is 25.2 Å². The van der Waals surface area contributed by atoms with Gasteiger partial charge in [-0.25, -0.2) is 8.42 Å². The predicted octanol–water partition coefficient (Wildman–Crippen LogP) is -0.227. The van der Waals surface area contributed by atoms with Crippen molar-refractivity contribution in [1.29, 1.82) is 0 Å². The topological polar surface area (TPSA) is 110 Å². The van der Waals surface area contributed by atoms with Crippen molar-refractivity contribution >= 4 is 15.8 Å². The summed E-state index contributed by atoms with van der Waals surface area (Å²) in [5, 5.41) is 15.9. The summed E-state index contributed by atoms with van der Waals surface area (Å²) in [5.74, 6) is -0.799. The first-order valence-electron chi connectivity index (χ1n) is 5.06. The normalized spacial score (nSPS) is 27.1. The second-order valence-electron chi connectivity index (χ2n) is 4.47. The van der Waals surface area contributed by atoms with Crippen LogP contribution in [0.1, 0.15) is 25.1 Å². The zero-order valence-corrected chi connectivity index (χ0v) is 10.0. The fourth-order valence-corrected chi connectivity index (χ4v) is 4.02. The van der Waals surface area contributed by atoms with Crippen LogP contribution in [0.5, 0.6) is 0 Å². The molecule has 0 amide bonds. The largest absolute Gasteiger partial charge is 0.481 e. The van der Waals surface area contributed by atoms with E-state index in [0.717, 1.165) is 0 Å². The molecule has 94 valence electrons. The Bertz CT molecular complexity index is 549. The highest BCUT2D eigenvalue weighted by molar-refractivity contribution is 7.91. The van der Waals surface area contributed by atoms with Gasteiger partial charge in [0.05, 0.1) is 16.9 Å². The van der Waals surface area contributed by atoms with Gasteiger partial charge < -0.3 is 9.52 Å². The molecule has 2 heterocycles. The Labute approximate surface area is 97.8 Å². The van der Waals surface area contributed by atoms with E-state index in [0.29, 0.717) is 6.42 Å². The van der Waals surface area contributed by atoms with Crippen LogP contribution in [-0.4, -0.2) is 41.2 Å². The average molecular weight is 260 g/mol. The molecule has 2 rings (SSSR count). The molecule has 0 radical (unpaired) electrons. The highest BCUT2D eigenvalue weighted by Gasteiger charge is 2.43. The van der Waals surface area contributed by atoms with E-state index in [9.17, 15) is 13.2 Å². The standard InChI is InChI=1S/C9H12N2O5S/c1-9(2-3-17(14,15)5-9)8-11-10-6(16-8)4-7(12)13/h2-5H2,1H3,(H,12,13). The van der Waals surface area contributed by atoms with Gasteiger partial charge in [0.1, 0.15) is 6.42 Å². The fourth-order valence-electron chi connectivity index (χ4n) is 1.88.